The van der Waals surface area contributed by atoms with E-state index in [1.165, 1.54) is 10.9 Å². The van der Waals surface area contributed by atoms with Crippen molar-refractivity contribution in [3.63, 3.8) is 0 Å². The highest BCUT2D eigenvalue weighted by Gasteiger charge is 2.07. The van der Waals surface area contributed by atoms with Gasteiger partial charge in [-0.1, -0.05) is 19.1 Å². The van der Waals surface area contributed by atoms with Crippen LogP contribution in [-0.4, -0.2) is 51.6 Å². The first-order chi connectivity index (χ1) is 8.99. The maximum Gasteiger partial charge on any atom is 0.358 e. The molecule has 0 radical (unpaired) electrons. The summed E-state index contributed by atoms with van der Waals surface area (Å²) in [6, 6.07) is 0. The lowest BCUT2D eigenvalue weighted by Gasteiger charge is -2.08. The standard InChI is InChI=1S/C11H19N5O3/c1-8(2)5-13-10(17)6-12-3-4-16-7-9(11(18)19)14-15-16/h7-8,12H,3-6H2,1-2H3,(H,13,17)(H,18,19). The van der Waals surface area contributed by atoms with Crippen LogP contribution >= 0.6 is 0 Å². The van der Waals surface area contributed by atoms with Gasteiger partial charge in [0.05, 0.1) is 19.3 Å². The Balaban J connectivity index is 2.16. The van der Waals surface area contributed by atoms with Gasteiger partial charge in [0, 0.05) is 13.1 Å². The van der Waals surface area contributed by atoms with E-state index < -0.39 is 5.97 Å². The number of carbonyl (C=O) groups is 2. The van der Waals surface area contributed by atoms with Crippen LogP contribution < -0.4 is 10.6 Å². The molecule has 1 heterocycles. The molecule has 0 saturated carbocycles. The monoisotopic (exact) mass is 269 g/mol. The molecular formula is C11H19N5O3. The molecule has 0 aromatic carbocycles. The van der Waals surface area contributed by atoms with E-state index in [0.717, 1.165) is 0 Å². The van der Waals surface area contributed by atoms with Gasteiger partial charge < -0.3 is 15.7 Å². The van der Waals surface area contributed by atoms with E-state index in [1.54, 1.807) is 0 Å². The Hall–Kier alpha value is -1.96. The number of aromatic carboxylic acids is 1. The second-order valence-corrected chi connectivity index (χ2v) is 4.55. The third-order valence-corrected chi connectivity index (χ3v) is 2.27. The molecule has 0 bridgehead atoms. The highest BCUT2D eigenvalue weighted by molar-refractivity contribution is 5.84. The maximum absolute atomic E-state index is 11.4. The van der Waals surface area contributed by atoms with E-state index in [9.17, 15) is 9.59 Å². The Labute approximate surface area is 111 Å². The van der Waals surface area contributed by atoms with Crippen molar-refractivity contribution in [3.05, 3.63) is 11.9 Å². The molecule has 1 rings (SSSR count). The fourth-order valence-electron chi connectivity index (χ4n) is 1.28. The van der Waals surface area contributed by atoms with Gasteiger partial charge in [0.15, 0.2) is 5.69 Å². The van der Waals surface area contributed by atoms with Gasteiger partial charge >= 0.3 is 5.97 Å². The zero-order valence-electron chi connectivity index (χ0n) is 11.1. The number of hydrogen-bond donors (Lipinski definition) is 3. The summed E-state index contributed by atoms with van der Waals surface area (Å²) < 4.78 is 1.42. The van der Waals surface area contributed by atoms with Gasteiger partial charge in [-0.05, 0) is 5.92 Å². The minimum absolute atomic E-state index is 0.0569. The Morgan fingerprint density at radius 2 is 2.21 bits per heavy atom. The van der Waals surface area contributed by atoms with Crippen LogP contribution in [0, 0.1) is 5.92 Å². The number of amides is 1. The van der Waals surface area contributed by atoms with Gasteiger partial charge in [0.1, 0.15) is 0 Å². The molecule has 19 heavy (non-hydrogen) atoms. The molecule has 1 amide bonds. The normalized spacial score (nSPS) is 10.7. The van der Waals surface area contributed by atoms with Crippen LogP contribution in [0.4, 0.5) is 0 Å². The molecule has 0 saturated heterocycles. The van der Waals surface area contributed by atoms with Gasteiger partial charge in [-0.15, -0.1) is 5.10 Å². The summed E-state index contributed by atoms with van der Waals surface area (Å²) in [7, 11) is 0. The number of hydrogen-bond acceptors (Lipinski definition) is 5. The predicted molar refractivity (Wildman–Crippen MR) is 67.7 cm³/mol. The van der Waals surface area contributed by atoms with E-state index in [0.29, 0.717) is 25.6 Å². The number of carbonyl (C=O) groups excluding carboxylic acids is 1. The van der Waals surface area contributed by atoms with Gasteiger partial charge in [0.25, 0.3) is 0 Å². The van der Waals surface area contributed by atoms with Crippen molar-refractivity contribution in [2.45, 2.75) is 20.4 Å². The lowest BCUT2D eigenvalue weighted by atomic mass is 10.2. The van der Waals surface area contributed by atoms with E-state index in [2.05, 4.69) is 20.9 Å². The van der Waals surface area contributed by atoms with Crippen LogP contribution in [0.2, 0.25) is 0 Å². The Morgan fingerprint density at radius 1 is 1.47 bits per heavy atom. The first-order valence-electron chi connectivity index (χ1n) is 6.10. The average molecular weight is 269 g/mol. The fraction of sp³-hybridized carbons (Fsp3) is 0.636. The fourth-order valence-corrected chi connectivity index (χ4v) is 1.28. The highest BCUT2D eigenvalue weighted by atomic mass is 16.4. The predicted octanol–water partition coefficient (Wildman–Crippen LogP) is -0.662. The number of carboxylic acids is 1. The quantitative estimate of drug-likeness (QED) is 0.540. The van der Waals surface area contributed by atoms with Gasteiger partial charge in [-0.3, -0.25) is 9.48 Å². The molecule has 0 spiro atoms. The summed E-state index contributed by atoms with van der Waals surface area (Å²) in [4.78, 5) is 21.9. The van der Waals surface area contributed by atoms with Crippen LogP contribution in [-0.2, 0) is 11.3 Å². The van der Waals surface area contributed by atoms with Crippen LogP contribution in [0.1, 0.15) is 24.3 Å². The summed E-state index contributed by atoms with van der Waals surface area (Å²) in [5.74, 6) is -0.737. The Morgan fingerprint density at radius 3 is 2.79 bits per heavy atom. The summed E-state index contributed by atoms with van der Waals surface area (Å²) in [6.07, 6.45) is 1.35. The average Bonchev–Trinajstić information content (AvgIpc) is 2.81. The van der Waals surface area contributed by atoms with Gasteiger partial charge in [-0.25, -0.2) is 4.79 Å². The molecular weight excluding hydrogens is 250 g/mol. The zero-order chi connectivity index (χ0) is 14.3. The second kappa shape index (κ2) is 7.47. The molecule has 0 fully saturated rings. The first-order valence-corrected chi connectivity index (χ1v) is 6.10. The third-order valence-electron chi connectivity index (χ3n) is 2.27. The molecule has 0 aliphatic carbocycles. The van der Waals surface area contributed by atoms with Crippen molar-refractivity contribution < 1.29 is 14.7 Å². The van der Waals surface area contributed by atoms with E-state index in [-0.39, 0.29) is 18.1 Å². The zero-order valence-corrected chi connectivity index (χ0v) is 11.1. The van der Waals surface area contributed by atoms with Crippen LogP contribution in [0.3, 0.4) is 0 Å². The van der Waals surface area contributed by atoms with E-state index in [4.69, 9.17) is 5.11 Å². The van der Waals surface area contributed by atoms with E-state index in [1.807, 2.05) is 13.8 Å². The molecule has 0 atom stereocenters. The number of nitrogens with one attached hydrogen (secondary N) is 2. The van der Waals surface area contributed by atoms with Crippen molar-refractivity contribution in [2.24, 2.45) is 5.92 Å². The van der Waals surface area contributed by atoms with Crippen molar-refractivity contribution in [1.82, 2.24) is 25.6 Å². The van der Waals surface area contributed by atoms with Gasteiger partial charge in [0.2, 0.25) is 5.91 Å². The second-order valence-electron chi connectivity index (χ2n) is 4.55. The first kappa shape index (κ1) is 15.1. The Bertz CT molecular complexity index is 430. The third kappa shape index (κ3) is 5.96. The minimum atomic E-state index is -1.10. The number of carboxylic acid groups (broad SMARTS) is 1. The molecule has 106 valence electrons. The topological polar surface area (TPSA) is 109 Å². The number of rotatable bonds is 8. The maximum atomic E-state index is 11.4. The Kier molecular flexibility index (Phi) is 5.94. The van der Waals surface area contributed by atoms with Crippen molar-refractivity contribution in [2.75, 3.05) is 19.6 Å². The lowest BCUT2D eigenvalue weighted by molar-refractivity contribution is -0.120. The molecule has 1 aromatic heterocycles. The smallest absolute Gasteiger partial charge is 0.358 e. The van der Waals surface area contributed by atoms with Crippen molar-refractivity contribution in [3.8, 4) is 0 Å². The molecule has 1 aromatic rings. The van der Waals surface area contributed by atoms with Crippen molar-refractivity contribution >= 4 is 11.9 Å². The molecule has 8 heteroatoms. The van der Waals surface area contributed by atoms with Crippen LogP contribution in [0.25, 0.3) is 0 Å². The summed E-state index contributed by atoms with van der Waals surface area (Å²) >= 11 is 0. The van der Waals surface area contributed by atoms with Crippen LogP contribution in [0.15, 0.2) is 6.20 Å². The summed E-state index contributed by atoms with van der Waals surface area (Å²) in [5, 5.41) is 21.5. The number of aromatic nitrogens is 3. The molecule has 8 nitrogen and oxygen atoms in total. The van der Waals surface area contributed by atoms with Gasteiger partial charge in [-0.2, -0.15) is 0 Å². The lowest BCUT2D eigenvalue weighted by Crippen LogP contribution is -2.36. The van der Waals surface area contributed by atoms with Crippen molar-refractivity contribution in [1.29, 1.82) is 0 Å². The summed E-state index contributed by atoms with van der Waals surface area (Å²) in [5.41, 5.74) is -0.0883. The SMILES string of the molecule is CC(C)CNC(=O)CNCCn1cc(C(=O)O)nn1. The molecule has 0 aliphatic rings. The molecule has 3 N–H and O–H groups in total. The summed E-state index contributed by atoms with van der Waals surface area (Å²) in [6.45, 7) is 5.91. The van der Waals surface area contributed by atoms with E-state index >= 15 is 0 Å². The molecule has 0 aliphatic heterocycles. The largest absolute Gasteiger partial charge is 0.476 e. The molecule has 0 unspecified atom stereocenters. The minimum Gasteiger partial charge on any atom is -0.476 e. The van der Waals surface area contributed by atoms with Crippen LogP contribution in [0.5, 0.6) is 0 Å². The number of nitrogens with zero attached hydrogens (tertiary/aromatic N) is 3. The highest BCUT2D eigenvalue weighted by Crippen LogP contribution is 1.91.